The second-order valence-electron chi connectivity index (χ2n) is 20.0. The number of fused-ring (bicyclic) bond motifs is 1. The van der Waals surface area contributed by atoms with E-state index in [-0.39, 0.29) is 60.9 Å². The van der Waals surface area contributed by atoms with Gasteiger partial charge in [-0.15, -0.1) is 11.3 Å². The quantitative estimate of drug-likeness (QED) is 0.0509. The molecule has 0 aliphatic carbocycles. The Kier molecular flexibility index (Phi) is 17.1. The van der Waals surface area contributed by atoms with Crippen LogP contribution in [0.15, 0.2) is 78.4 Å². The number of likely N-dealkylation sites (tertiary alicyclic amines) is 1. The summed E-state index contributed by atoms with van der Waals surface area (Å²) in [7, 11) is 1.48. The fraction of sp³-hybridized carbons (Fsp3) is 0.444. The van der Waals surface area contributed by atoms with E-state index in [1.807, 2.05) is 69.6 Å². The SMILES string of the molecule is COc1cccc(F)c1-c1ncc2[nH]nc(-c3ccc(N4CCN(CC(=O)NCCCCCCCC(=O)N[C@H](C(=O)N5C[C@H](O)C[C@H]5C(=O)NCc5ccc(-c6scnc6C)cc5)C(C)(C)C)CC4)cc3)c2n1. The standard InChI is InChI=1S/C54H66FN11O6S/c1-34-49(73-33-59-34)37-17-15-35(16-18-37)29-58-52(70)42-28-39(67)31-66(42)53(71)50(54(2,3)4)60-44(68)14-9-7-6-8-10-23-56-45(69)32-64-24-26-65(27-25-64)38-21-19-36(20-22-38)47-48-41(62-63-47)30-57-51(61-48)46-40(55)12-11-13-43(46)72-5/h11-13,15-22,30,33,39,42,50,67H,6-10,14,23-29,31-32H2,1-5H3,(H,56,69)(H,58,70)(H,60,68)(H,62,63)/t39-,42+,50-/m1/s1. The lowest BCUT2D eigenvalue weighted by Gasteiger charge is -2.35. The summed E-state index contributed by atoms with van der Waals surface area (Å²) >= 11 is 1.58. The maximum atomic E-state index is 14.8. The molecule has 8 rings (SSSR count). The summed E-state index contributed by atoms with van der Waals surface area (Å²) in [5, 5.41) is 27.0. The highest BCUT2D eigenvalue weighted by Gasteiger charge is 2.44. The second-order valence-corrected chi connectivity index (χ2v) is 20.8. The number of amides is 4. The number of anilines is 1. The molecule has 3 aromatic carbocycles. The van der Waals surface area contributed by atoms with Crippen molar-refractivity contribution in [2.75, 3.05) is 57.8 Å². The summed E-state index contributed by atoms with van der Waals surface area (Å²) in [6.07, 6.45) is 5.27. The number of benzene rings is 3. The minimum absolute atomic E-state index is 0.00335. The Labute approximate surface area is 429 Å². The number of aliphatic hydroxyl groups excluding tert-OH is 1. The molecule has 0 radical (unpaired) electrons. The number of hydrogen-bond donors (Lipinski definition) is 5. The van der Waals surface area contributed by atoms with Gasteiger partial charge < -0.3 is 35.6 Å². The summed E-state index contributed by atoms with van der Waals surface area (Å²) < 4.78 is 20.2. The number of aromatic amines is 1. The maximum absolute atomic E-state index is 14.8. The van der Waals surface area contributed by atoms with Gasteiger partial charge in [0.25, 0.3) is 0 Å². The fourth-order valence-corrected chi connectivity index (χ4v) is 10.3. The number of piperazine rings is 1. The normalized spacial score (nSPS) is 16.6. The number of halogens is 1. The average Bonchev–Trinajstić information content (AvgIpc) is 4.13. The molecule has 3 atom stereocenters. The molecule has 4 amide bonds. The number of methoxy groups -OCH3 is 1. The van der Waals surface area contributed by atoms with Crippen molar-refractivity contribution in [1.82, 2.24) is 50.9 Å². The zero-order valence-electron chi connectivity index (χ0n) is 42.2. The number of carbonyl (C=O) groups excluding carboxylic acids is 4. The van der Waals surface area contributed by atoms with Crippen molar-refractivity contribution in [3.8, 4) is 38.8 Å². The van der Waals surface area contributed by atoms with Gasteiger partial charge in [-0.3, -0.25) is 29.2 Å². The molecule has 2 saturated heterocycles. The van der Waals surface area contributed by atoms with E-state index >= 15 is 0 Å². The first-order chi connectivity index (χ1) is 35.2. The van der Waals surface area contributed by atoms with Crippen LogP contribution in [0.4, 0.5) is 10.1 Å². The Bertz CT molecular complexity index is 2860. The topological polar surface area (TPSA) is 211 Å². The van der Waals surface area contributed by atoms with Crippen molar-refractivity contribution in [2.24, 2.45) is 5.41 Å². The van der Waals surface area contributed by atoms with E-state index < -0.39 is 29.4 Å². The van der Waals surface area contributed by atoms with Crippen molar-refractivity contribution >= 4 is 51.7 Å². The molecule has 5 heterocycles. The molecule has 17 nitrogen and oxygen atoms in total. The van der Waals surface area contributed by atoms with E-state index in [1.165, 1.54) is 18.1 Å². The Morgan fingerprint density at radius 2 is 1.63 bits per heavy atom. The molecule has 3 aromatic heterocycles. The van der Waals surface area contributed by atoms with Gasteiger partial charge in [0.1, 0.15) is 40.4 Å². The van der Waals surface area contributed by atoms with E-state index in [9.17, 15) is 28.7 Å². The molecule has 6 aromatic rings. The highest BCUT2D eigenvalue weighted by atomic mass is 32.1. The number of aromatic nitrogens is 5. The van der Waals surface area contributed by atoms with E-state index in [0.29, 0.717) is 42.0 Å². The molecule has 386 valence electrons. The van der Waals surface area contributed by atoms with Crippen molar-refractivity contribution in [2.45, 2.75) is 97.4 Å². The summed E-state index contributed by atoms with van der Waals surface area (Å²) in [5.41, 5.74) is 8.07. The lowest BCUT2D eigenvalue weighted by atomic mass is 9.85. The van der Waals surface area contributed by atoms with Crippen LogP contribution in [0.3, 0.4) is 0 Å². The number of β-amino-alcohol motifs (C(OH)–C–C–N with tert-alkyl or cyclic N) is 1. The monoisotopic (exact) mass is 1020 g/mol. The van der Waals surface area contributed by atoms with Crippen molar-refractivity contribution in [1.29, 1.82) is 0 Å². The second kappa shape index (κ2) is 23.8. The highest BCUT2D eigenvalue weighted by Crippen LogP contribution is 2.34. The molecule has 5 N–H and O–H groups in total. The minimum atomic E-state index is -0.877. The Morgan fingerprint density at radius 1 is 0.904 bits per heavy atom. The van der Waals surface area contributed by atoms with Crippen LogP contribution < -0.4 is 25.6 Å². The predicted octanol–water partition coefficient (Wildman–Crippen LogP) is 6.65. The van der Waals surface area contributed by atoms with Crippen molar-refractivity contribution < 1.29 is 33.4 Å². The maximum Gasteiger partial charge on any atom is 0.246 e. The minimum Gasteiger partial charge on any atom is -0.496 e. The molecule has 2 fully saturated rings. The van der Waals surface area contributed by atoms with Gasteiger partial charge in [0.15, 0.2) is 5.82 Å². The van der Waals surface area contributed by atoms with Crippen LogP contribution >= 0.6 is 11.3 Å². The predicted molar refractivity (Wildman–Crippen MR) is 280 cm³/mol. The van der Waals surface area contributed by atoms with Crippen LogP contribution in [0.25, 0.3) is 44.1 Å². The Balaban J connectivity index is 0.704. The summed E-state index contributed by atoms with van der Waals surface area (Å²) in [6.45, 7) is 11.9. The van der Waals surface area contributed by atoms with Crippen LogP contribution in [0.5, 0.6) is 5.75 Å². The third kappa shape index (κ3) is 13.0. The Morgan fingerprint density at radius 3 is 2.34 bits per heavy atom. The van der Waals surface area contributed by atoms with Gasteiger partial charge in [-0.1, -0.05) is 82.5 Å². The third-order valence-corrected chi connectivity index (χ3v) is 14.6. The number of H-pyrrole nitrogens is 1. The van der Waals surface area contributed by atoms with Crippen molar-refractivity contribution in [3.05, 3.63) is 95.5 Å². The number of carbonyl (C=O) groups is 4. The number of unbranched alkanes of at least 4 members (excludes halogenated alkanes) is 4. The van der Waals surface area contributed by atoms with E-state index in [4.69, 9.17) is 4.74 Å². The molecule has 73 heavy (non-hydrogen) atoms. The smallest absolute Gasteiger partial charge is 0.246 e. The molecule has 0 spiro atoms. The van der Waals surface area contributed by atoms with Gasteiger partial charge in [-0.05, 0) is 60.6 Å². The molecule has 19 heteroatoms. The van der Waals surface area contributed by atoms with Crippen LogP contribution in [0, 0.1) is 18.2 Å². The van der Waals surface area contributed by atoms with Gasteiger partial charge in [-0.2, -0.15) is 5.10 Å². The number of nitrogens with zero attached hydrogens (tertiary/aromatic N) is 7. The zero-order chi connectivity index (χ0) is 51.6. The van der Waals surface area contributed by atoms with Gasteiger partial charge in [0.05, 0.1) is 47.6 Å². The third-order valence-electron chi connectivity index (χ3n) is 13.6. The molecule has 2 aliphatic rings. The number of thiazole rings is 1. The van der Waals surface area contributed by atoms with E-state index in [1.54, 1.807) is 29.7 Å². The first-order valence-electron chi connectivity index (χ1n) is 25.1. The fourth-order valence-electron chi connectivity index (χ4n) is 9.46. The summed E-state index contributed by atoms with van der Waals surface area (Å²) in [4.78, 5) is 73.9. The molecular formula is C54H66FN11O6S. The van der Waals surface area contributed by atoms with Crippen LogP contribution in [-0.2, 0) is 25.7 Å². The number of hydrogen-bond acceptors (Lipinski definition) is 13. The lowest BCUT2D eigenvalue weighted by molar-refractivity contribution is -0.144. The van der Waals surface area contributed by atoms with E-state index in [2.05, 4.69) is 63.0 Å². The molecule has 2 aliphatic heterocycles. The number of rotatable bonds is 20. The van der Waals surface area contributed by atoms with Crippen LogP contribution in [0.1, 0.15) is 77.0 Å². The van der Waals surface area contributed by atoms with Gasteiger partial charge in [-0.25, -0.2) is 19.3 Å². The molecule has 0 bridgehead atoms. The highest BCUT2D eigenvalue weighted by molar-refractivity contribution is 7.13. The summed E-state index contributed by atoms with van der Waals surface area (Å²) in [5.74, 6) is -0.871. The number of nitrogens with one attached hydrogen (secondary N) is 4. The average molecular weight is 1020 g/mol. The zero-order valence-corrected chi connectivity index (χ0v) is 43.1. The number of aliphatic hydroxyl groups is 1. The molecular weight excluding hydrogens is 950 g/mol. The molecule has 0 saturated carbocycles. The van der Waals surface area contributed by atoms with Gasteiger partial charge >= 0.3 is 0 Å². The number of aryl methyl sites for hydroxylation is 1. The first kappa shape index (κ1) is 52.5. The molecule has 0 unspecified atom stereocenters. The van der Waals surface area contributed by atoms with Gasteiger partial charge in [0, 0.05) is 69.9 Å². The Hall–Kier alpha value is -6.83. The van der Waals surface area contributed by atoms with Crippen LogP contribution in [-0.4, -0.2) is 135 Å². The van der Waals surface area contributed by atoms with Gasteiger partial charge in [0.2, 0.25) is 23.6 Å². The largest absolute Gasteiger partial charge is 0.496 e. The first-order valence-corrected chi connectivity index (χ1v) is 26.0. The van der Waals surface area contributed by atoms with E-state index in [0.717, 1.165) is 84.8 Å². The summed E-state index contributed by atoms with van der Waals surface area (Å²) in [6, 6.07) is 18.9. The number of ether oxygens (including phenoxy) is 1. The lowest BCUT2D eigenvalue weighted by Crippen LogP contribution is -2.57. The van der Waals surface area contributed by atoms with Crippen LogP contribution in [0.2, 0.25) is 0 Å². The van der Waals surface area contributed by atoms with Crippen molar-refractivity contribution in [3.63, 3.8) is 0 Å².